The number of allylic oxidation sites excluding steroid dienone is 7. The number of esters is 2. The van der Waals surface area contributed by atoms with E-state index in [1.807, 2.05) is 43.4 Å². The number of hydrogen-bond donors (Lipinski definition) is 6. The molecular weight excluding hydrogens is 912 g/mol. The number of nitrogen functional groups attached to an aromatic ring is 1. The molecule has 2 heterocycles. The Bertz CT molecular complexity index is 1840. The van der Waals surface area contributed by atoms with Gasteiger partial charge in [-0.05, 0) is 63.4 Å². The summed E-state index contributed by atoms with van der Waals surface area (Å²) in [6, 6.07) is 1.24. The molecule has 3 unspecified atom stereocenters. The molecule has 67 heavy (non-hydrogen) atoms. The highest BCUT2D eigenvalue weighted by atomic mass is 31.3. The minimum absolute atomic E-state index is 0.0414. The summed E-state index contributed by atoms with van der Waals surface area (Å²) in [5.74, 6) is -0.680. The number of ether oxygens (including phenoxy) is 3. The van der Waals surface area contributed by atoms with Crippen LogP contribution in [0.3, 0.4) is 0 Å². The number of phosphoric ester groups is 2. The molecule has 1 aromatic rings. The van der Waals surface area contributed by atoms with Crippen LogP contribution in [-0.2, 0) is 46.3 Å². The van der Waals surface area contributed by atoms with E-state index < -0.39 is 83.7 Å². The molecule has 0 amide bonds. The van der Waals surface area contributed by atoms with Crippen molar-refractivity contribution in [3.63, 3.8) is 0 Å². The van der Waals surface area contributed by atoms with Crippen molar-refractivity contribution < 1.29 is 71.4 Å². The number of aromatic nitrogens is 2. The van der Waals surface area contributed by atoms with Crippen LogP contribution in [0.15, 0.2) is 65.7 Å². The van der Waals surface area contributed by atoms with Gasteiger partial charge >= 0.3 is 33.3 Å². The summed E-state index contributed by atoms with van der Waals surface area (Å²) in [4.78, 5) is 61.7. The zero-order valence-corrected chi connectivity index (χ0v) is 41.3. The van der Waals surface area contributed by atoms with Crippen molar-refractivity contribution in [2.75, 3.05) is 25.6 Å². The van der Waals surface area contributed by atoms with Gasteiger partial charge < -0.3 is 45.1 Å². The number of anilines is 1. The molecule has 7 N–H and O–H groups in total. The molecule has 8 atom stereocenters. The molecule has 1 aromatic heterocycles. The number of unbranched alkanes of at least 4 members (excludes halogenated alkanes) is 8. The molecule has 19 nitrogen and oxygen atoms in total. The van der Waals surface area contributed by atoms with E-state index in [4.69, 9.17) is 29.0 Å². The predicted molar refractivity (Wildman–Crippen MR) is 253 cm³/mol. The standard InChI is InChI=1S/C46H77N3O16P2/c1-4-26-37(50)28-23-19-15-10-8-6-5-7-9-11-17-21-25-30-42(52)63-38(33-60-41(51)29-24-20-16-13-12-14-18-22-27-36(2)3)34-61-66(56,57)65-67(58,59)62-35-39-43(53)44(54)45(64-39)49-32-31-40(47)48-46(49)55/h5,7-8,10-11,17,19,23,31-32,36-39,43-45,50,53-54H,4,6,9,12-16,18,20-22,24-30,33-35H2,1-3H3,(H,56,57)(H,58,59)(H2,47,48,55)/b7-5-,10-8-,17-11-,23-19-/t37?,38-,39-,43-,44-,45-/m1/s1. The summed E-state index contributed by atoms with van der Waals surface area (Å²) in [6.45, 7) is 4.12. The van der Waals surface area contributed by atoms with Gasteiger partial charge in [-0.1, -0.05) is 127 Å². The molecule has 0 aromatic carbocycles. The van der Waals surface area contributed by atoms with Crippen molar-refractivity contribution in [3.8, 4) is 0 Å². The Morgan fingerprint density at radius 1 is 0.806 bits per heavy atom. The number of carbonyl (C=O) groups excluding carboxylic acids is 2. The molecule has 0 aliphatic carbocycles. The van der Waals surface area contributed by atoms with Crippen molar-refractivity contribution in [3.05, 3.63) is 71.4 Å². The maximum absolute atomic E-state index is 12.8. The van der Waals surface area contributed by atoms with Crippen LogP contribution in [-0.4, -0.2) is 96.9 Å². The molecule has 0 saturated carbocycles. The van der Waals surface area contributed by atoms with Crippen LogP contribution in [0.4, 0.5) is 5.82 Å². The quantitative estimate of drug-likeness (QED) is 0.0160. The number of nitrogens with two attached hydrogens (primary N) is 1. The van der Waals surface area contributed by atoms with E-state index in [0.717, 1.165) is 62.1 Å². The Morgan fingerprint density at radius 3 is 2.01 bits per heavy atom. The van der Waals surface area contributed by atoms with Gasteiger partial charge in [0.1, 0.15) is 30.7 Å². The first kappa shape index (κ1) is 59.8. The van der Waals surface area contributed by atoms with Crippen molar-refractivity contribution in [2.45, 2.75) is 180 Å². The predicted octanol–water partition coefficient (Wildman–Crippen LogP) is 7.82. The molecule has 382 valence electrons. The molecule has 1 fully saturated rings. The first-order chi connectivity index (χ1) is 31.9. The second-order valence-electron chi connectivity index (χ2n) is 16.9. The topological polar surface area (TPSA) is 286 Å². The summed E-state index contributed by atoms with van der Waals surface area (Å²) in [5.41, 5.74) is 4.57. The second-order valence-corrected chi connectivity index (χ2v) is 20.0. The highest BCUT2D eigenvalue weighted by Crippen LogP contribution is 2.60. The minimum atomic E-state index is -5.44. The summed E-state index contributed by atoms with van der Waals surface area (Å²) in [5, 5.41) is 30.6. The van der Waals surface area contributed by atoms with E-state index in [0.29, 0.717) is 38.0 Å². The van der Waals surface area contributed by atoms with E-state index in [2.05, 4.69) is 35.3 Å². The van der Waals surface area contributed by atoms with Gasteiger partial charge in [0, 0.05) is 19.0 Å². The average molecular weight is 990 g/mol. The Balaban J connectivity index is 1.86. The highest BCUT2D eigenvalue weighted by molar-refractivity contribution is 7.61. The van der Waals surface area contributed by atoms with Crippen molar-refractivity contribution in [1.82, 2.24) is 9.55 Å². The van der Waals surface area contributed by atoms with Gasteiger partial charge in [0.25, 0.3) is 0 Å². The molecule has 0 bridgehead atoms. The van der Waals surface area contributed by atoms with E-state index in [1.54, 1.807) is 0 Å². The van der Waals surface area contributed by atoms with Gasteiger partial charge in [-0.2, -0.15) is 9.29 Å². The zero-order chi connectivity index (χ0) is 49.5. The van der Waals surface area contributed by atoms with Crippen LogP contribution < -0.4 is 11.4 Å². The van der Waals surface area contributed by atoms with Gasteiger partial charge in [0.2, 0.25) is 0 Å². The lowest BCUT2D eigenvalue weighted by Crippen LogP contribution is -2.36. The Kier molecular flexibility index (Phi) is 30.4. The first-order valence-electron chi connectivity index (χ1n) is 23.6. The van der Waals surface area contributed by atoms with Crippen LogP contribution in [0.1, 0.15) is 149 Å². The maximum atomic E-state index is 12.8. The molecular formula is C46H77N3O16P2. The summed E-state index contributed by atoms with van der Waals surface area (Å²) in [6.07, 6.45) is 24.4. The molecule has 0 spiro atoms. The van der Waals surface area contributed by atoms with Crippen LogP contribution in [0.25, 0.3) is 0 Å². The number of carbonyl (C=O) groups is 2. The number of phosphoric acid groups is 2. The SMILES string of the molecule is CCCC(O)C/C=C\C/C=C\C/C=C\C/C=C\CCCC(=O)O[C@H](COC(=O)CCCCCCCCCCC(C)C)COP(=O)(O)OP(=O)(O)OC[C@H]1O[C@@H](n2ccc(N)nc2=O)[C@H](O)[C@@H]1O. The molecule has 1 aliphatic heterocycles. The lowest BCUT2D eigenvalue weighted by atomic mass is 10.0. The number of aliphatic hydroxyl groups excluding tert-OH is 3. The van der Waals surface area contributed by atoms with Crippen molar-refractivity contribution in [2.24, 2.45) is 5.92 Å². The van der Waals surface area contributed by atoms with Gasteiger partial charge in [0.05, 0.1) is 19.3 Å². The third-order valence-electron chi connectivity index (χ3n) is 10.4. The van der Waals surface area contributed by atoms with Crippen LogP contribution >= 0.6 is 15.6 Å². The molecule has 0 radical (unpaired) electrons. The monoisotopic (exact) mass is 989 g/mol. The fraction of sp³-hybridized carbons (Fsp3) is 0.696. The molecule has 2 rings (SSSR count). The number of rotatable bonds is 37. The van der Waals surface area contributed by atoms with E-state index in [-0.39, 0.29) is 24.8 Å². The summed E-state index contributed by atoms with van der Waals surface area (Å²) in [7, 11) is -10.9. The van der Waals surface area contributed by atoms with E-state index >= 15 is 0 Å². The summed E-state index contributed by atoms with van der Waals surface area (Å²) < 4.78 is 56.5. The van der Waals surface area contributed by atoms with Crippen LogP contribution in [0.5, 0.6) is 0 Å². The average Bonchev–Trinajstić information content (AvgIpc) is 3.54. The summed E-state index contributed by atoms with van der Waals surface area (Å²) >= 11 is 0. The van der Waals surface area contributed by atoms with Crippen LogP contribution in [0.2, 0.25) is 0 Å². The van der Waals surface area contributed by atoms with Gasteiger partial charge in [-0.3, -0.25) is 23.2 Å². The normalized spacial score (nSPS) is 20.6. The Hall–Kier alpha value is -3.32. The highest BCUT2D eigenvalue weighted by Gasteiger charge is 2.46. The number of hydrogen-bond acceptors (Lipinski definition) is 16. The largest absolute Gasteiger partial charge is 0.481 e. The first-order valence-corrected chi connectivity index (χ1v) is 26.6. The lowest BCUT2D eigenvalue weighted by molar-refractivity contribution is -0.161. The maximum Gasteiger partial charge on any atom is 0.481 e. The Labute approximate surface area is 395 Å². The number of nitrogens with zero attached hydrogens (tertiary/aromatic N) is 2. The fourth-order valence-electron chi connectivity index (χ4n) is 6.74. The van der Waals surface area contributed by atoms with Crippen LogP contribution in [0, 0.1) is 5.92 Å². The zero-order valence-electron chi connectivity index (χ0n) is 39.5. The Morgan fingerprint density at radius 2 is 1.39 bits per heavy atom. The lowest BCUT2D eigenvalue weighted by Gasteiger charge is -2.21. The molecule has 1 saturated heterocycles. The third kappa shape index (κ3) is 28.1. The van der Waals surface area contributed by atoms with Gasteiger partial charge in [0.15, 0.2) is 12.3 Å². The smallest absolute Gasteiger partial charge is 0.462 e. The fourth-order valence-corrected chi connectivity index (χ4v) is 8.85. The van der Waals surface area contributed by atoms with Crippen molar-refractivity contribution in [1.29, 1.82) is 0 Å². The molecule has 21 heteroatoms. The van der Waals surface area contributed by atoms with E-state index in [1.165, 1.54) is 31.7 Å². The second kappa shape index (κ2) is 34.1. The minimum Gasteiger partial charge on any atom is -0.462 e. The molecule has 1 aliphatic rings. The van der Waals surface area contributed by atoms with Gasteiger partial charge in [-0.25, -0.2) is 13.9 Å². The van der Waals surface area contributed by atoms with Gasteiger partial charge in [-0.15, -0.1) is 0 Å². The third-order valence-corrected chi connectivity index (χ3v) is 13.0. The van der Waals surface area contributed by atoms with Crippen molar-refractivity contribution >= 4 is 33.4 Å². The van der Waals surface area contributed by atoms with E-state index in [9.17, 15) is 48.6 Å². The number of aliphatic hydroxyl groups is 3.